The topological polar surface area (TPSA) is 32.3 Å². The Hall–Kier alpha value is -2.13. The van der Waals surface area contributed by atoms with Crippen molar-refractivity contribution in [1.29, 1.82) is 0 Å². The summed E-state index contributed by atoms with van der Waals surface area (Å²) in [5.41, 5.74) is 3.99. The first kappa shape index (κ1) is 17.0. The van der Waals surface area contributed by atoms with Gasteiger partial charge < -0.3 is 10.2 Å². The fourth-order valence-corrected chi connectivity index (χ4v) is 5.49. The van der Waals surface area contributed by atoms with E-state index in [9.17, 15) is 4.79 Å². The van der Waals surface area contributed by atoms with E-state index in [-0.39, 0.29) is 5.92 Å². The van der Waals surface area contributed by atoms with E-state index >= 15 is 0 Å². The molecule has 2 saturated heterocycles. The number of fused-ring (bicyclic) bond motifs is 3. The third-order valence-electron chi connectivity index (χ3n) is 6.78. The van der Waals surface area contributed by atoms with Crippen molar-refractivity contribution >= 4 is 5.91 Å². The zero-order valence-corrected chi connectivity index (χ0v) is 15.8. The van der Waals surface area contributed by atoms with E-state index in [1.807, 2.05) is 0 Å². The van der Waals surface area contributed by atoms with Gasteiger partial charge in [-0.25, -0.2) is 0 Å². The summed E-state index contributed by atoms with van der Waals surface area (Å²) in [6.45, 7) is 1.56. The van der Waals surface area contributed by atoms with Gasteiger partial charge in [0, 0.05) is 37.5 Å². The molecule has 0 saturated carbocycles. The van der Waals surface area contributed by atoms with Crippen LogP contribution in [0.15, 0.2) is 54.6 Å². The van der Waals surface area contributed by atoms with Crippen molar-refractivity contribution < 1.29 is 4.79 Å². The maximum absolute atomic E-state index is 13.2. The number of carbonyl (C=O) groups is 1. The number of benzene rings is 2. The quantitative estimate of drug-likeness (QED) is 0.894. The van der Waals surface area contributed by atoms with Crippen LogP contribution in [0, 0.1) is 5.92 Å². The highest BCUT2D eigenvalue weighted by Crippen LogP contribution is 2.36. The van der Waals surface area contributed by atoms with Gasteiger partial charge >= 0.3 is 0 Å². The van der Waals surface area contributed by atoms with Gasteiger partial charge in [-0.1, -0.05) is 54.6 Å². The number of hydrogen-bond acceptors (Lipinski definition) is 2. The van der Waals surface area contributed by atoms with Gasteiger partial charge in [0.25, 0.3) is 0 Å². The molecule has 3 nitrogen and oxygen atoms in total. The molecule has 1 amide bonds. The molecule has 2 bridgehead atoms. The van der Waals surface area contributed by atoms with Crippen LogP contribution in [0.2, 0.25) is 0 Å². The maximum Gasteiger partial charge on any atom is 0.223 e. The van der Waals surface area contributed by atoms with Crippen molar-refractivity contribution in [2.24, 2.45) is 5.92 Å². The summed E-state index contributed by atoms with van der Waals surface area (Å²) in [6, 6.07) is 20.6. The average Bonchev–Trinajstić information content (AvgIpc) is 3.06. The van der Waals surface area contributed by atoms with Crippen LogP contribution < -0.4 is 5.32 Å². The van der Waals surface area contributed by atoms with Crippen LogP contribution in [-0.4, -0.2) is 29.4 Å². The van der Waals surface area contributed by atoms with E-state index in [1.165, 1.54) is 42.4 Å². The Balaban J connectivity index is 1.35. The Morgan fingerprint density at radius 3 is 2.44 bits per heavy atom. The second kappa shape index (κ2) is 7.12. The van der Waals surface area contributed by atoms with Crippen molar-refractivity contribution in [3.8, 4) is 0 Å². The summed E-state index contributed by atoms with van der Waals surface area (Å²) in [5.74, 6) is 1.18. The molecule has 2 fully saturated rings. The van der Waals surface area contributed by atoms with E-state index in [0.29, 0.717) is 23.9 Å². The van der Waals surface area contributed by atoms with Crippen molar-refractivity contribution in [1.82, 2.24) is 10.2 Å². The Labute approximate surface area is 161 Å². The lowest BCUT2D eigenvalue weighted by Crippen LogP contribution is -2.42. The smallest absolute Gasteiger partial charge is 0.223 e. The summed E-state index contributed by atoms with van der Waals surface area (Å²) in [6.07, 6.45) is 5.66. The number of hydrogen-bond donors (Lipinski definition) is 1. The van der Waals surface area contributed by atoms with E-state index in [2.05, 4.69) is 64.8 Å². The summed E-state index contributed by atoms with van der Waals surface area (Å²) < 4.78 is 0. The molecule has 0 radical (unpaired) electrons. The Morgan fingerprint density at radius 2 is 1.67 bits per heavy atom. The van der Waals surface area contributed by atoms with Gasteiger partial charge in [-0.05, 0) is 48.3 Å². The molecule has 5 rings (SSSR count). The summed E-state index contributed by atoms with van der Waals surface area (Å²) in [7, 11) is 0. The second-order valence-corrected chi connectivity index (χ2v) is 8.62. The number of amides is 1. The lowest BCUT2D eigenvalue weighted by molar-refractivity contribution is -0.133. The molecule has 0 spiro atoms. The lowest BCUT2D eigenvalue weighted by Gasteiger charge is -2.36. The van der Waals surface area contributed by atoms with Gasteiger partial charge in [-0.15, -0.1) is 0 Å². The molecule has 3 atom stereocenters. The number of nitrogens with zero attached hydrogens (tertiary/aromatic N) is 1. The van der Waals surface area contributed by atoms with Crippen LogP contribution in [0.3, 0.4) is 0 Å². The van der Waals surface area contributed by atoms with Crippen molar-refractivity contribution in [2.75, 3.05) is 6.54 Å². The molecule has 0 aliphatic carbocycles. The van der Waals surface area contributed by atoms with E-state index in [0.717, 1.165) is 19.5 Å². The SMILES string of the molecule is O=C(CC1CC2CCC(C1)N2)N1Cc2ccccc2C(c2ccccc2)C1. The number of rotatable bonds is 3. The van der Waals surface area contributed by atoms with Gasteiger partial charge in [0.1, 0.15) is 0 Å². The molecule has 2 aromatic carbocycles. The first-order valence-corrected chi connectivity index (χ1v) is 10.4. The number of piperidine rings is 1. The van der Waals surface area contributed by atoms with Crippen LogP contribution in [0.1, 0.15) is 54.7 Å². The molecular weight excluding hydrogens is 332 g/mol. The minimum atomic E-state index is 0.282. The predicted molar refractivity (Wildman–Crippen MR) is 107 cm³/mol. The van der Waals surface area contributed by atoms with E-state index < -0.39 is 0 Å². The van der Waals surface area contributed by atoms with Gasteiger partial charge in [0.2, 0.25) is 5.91 Å². The molecule has 3 aliphatic heterocycles. The zero-order chi connectivity index (χ0) is 18.2. The van der Waals surface area contributed by atoms with Crippen LogP contribution in [0.5, 0.6) is 0 Å². The maximum atomic E-state index is 13.2. The molecule has 1 N–H and O–H groups in total. The first-order valence-electron chi connectivity index (χ1n) is 10.4. The highest BCUT2D eigenvalue weighted by molar-refractivity contribution is 5.77. The van der Waals surface area contributed by atoms with E-state index in [4.69, 9.17) is 0 Å². The molecule has 3 heterocycles. The minimum absolute atomic E-state index is 0.282. The third kappa shape index (κ3) is 3.41. The third-order valence-corrected chi connectivity index (χ3v) is 6.78. The monoisotopic (exact) mass is 360 g/mol. The summed E-state index contributed by atoms with van der Waals surface area (Å²) >= 11 is 0. The second-order valence-electron chi connectivity index (χ2n) is 8.62. The van der Waals surface area contributed by atoms with Gasteiger partial charge in [0.15, 0.2) is 0 Å². The largest absolute Gasteiger partial charge is 0.337 e. The van der Waals surface area contributed by atoms with Crippen LogP contribution in [0.25, 0.3) is 0 Å². The Bertz CT molecular complexity index is 806. The molecule has 27 heavy (non-hydrogen) atoms. The van der Waals surface area contributed by atoms with Crippen molar-refractivity contribution in [3.63, 3.8) is 0 Å². The molecule has 3 heteroatoms. The first-order chi connectivity index (χ1) is 13.3. The fourth-order valence-electron chi connectivity index (χ4n) is 5.49. The van der Waals surface area contributed by atoms with Crippen LogP contribution in [-0.2, 0) is 11.3 Å². The Morgan fingerprint density at radius 1 is 0.963 bits per heavy atom. The molecular formula is C24H28N2O. The standard InChI is InChI=1S/C24H28N2O/c27-24(14-17-12-20-10-11-21(13-17)25-20)26-15-19-8-4-5-9-22(19)23(16-26)18-6-2-1-3-7-18/h1-9,17,20-21,23,25H,10-16H2. The highest BCUT2D eigenvalue weighted by Gasteiger charge is 2.36. The number of nitrogens with one attached hydrogen (secondary N) is 1. The van der Waals surface area contributed by atoms with Crippen molar-refractivity contribution in [2.45, 2.75) is 56.7 Å². The van der Waals surface area contributed by atoms with E-state index in [1.54, 1.807) is 0 Å². The van der Waals surface area contributed by atoms with Crippen molar-refractivity contribution in [3.05, 3.63) is 71.3 Å². The van der Waals surface area contributed by atoms with Crippen LogP contribution >= 0.6 is 0 Å². The average molecular weight is 361 g/mol. The van der Waals surface area contributed by atoms with Gasteiger partial charge in [0.05, 0.1) is 0 Å². The summed E-state index contributed by atoms with van der Waals surface area (Å²) in [4.78, 5) is 15.3. The Kier molecular flexibility index (Phi) is 4.48. The molecule has 0 aromatic heterocycles. The van der Waals surface area contributed by atoms with Crippen LogP contribution in [0.4, 0.5) is 0 Å². The lowest BCUT2D eigenvalue weighted by atomic mass is 9.84. The van der Waals surface area contributed by atoms with Gasteiger partial charge in [-0.2, -0.15) is 0 Å². The summed E-state index contributed by atoms with van der Waals surface area (Å²) in [5, 5.41) is 3.69. The molecule has 2 aromatic rings. The molecule has 140 valence electrons. The molecule has 3 aliphatic rings. The molecule has 3 unspecified atom stereocenters. The highest BCUT2D eigenvalue weighted by atomic mass is 16.2. The minimum Gasteiger partial charge on any atom is -0.337 e. The fraction of sp³-hybridized carbons (Fsp3) is 0.458. The van der Waals surface area contributed by atoms with Gasteiger partial charge in [-0.3, -0.25) is 4.79 Å². The number of carbonyl (C=O) groups excluding carboxylic acids is 1. The normalized spacial score (nSPS) is 29.4. The zero-order valence-electron chi connectivity index (χ0n) is 15.8. The predicted octanol–water partition coefficient (Wildman–Crippen LogP) is 4.08.